The smallest absolute Gasteiger partial charge is 0.330 e. The highest BCUT2D eigenvalue weighted by molar-refractivity contribution is 5.87. The fourth-order valence-electron chi connectivity index (χ4n) is 3.54. The number of nitrogens with zero attached hydrogens (tertiary/aromatic N) is 2. The molecule has 0 atom stereocenters. The van der Waals surface area contributed by atoms with Gasteiger partial charge in [-0.1, -0.05) is 54.6 Å². The zero-order valence-electron chi connectivity index (χ0n) is 18.1. The lowest BCUT2D eigenvalue weighted by Gasteiger charge is -2.12. The molecule has 0 aliphatic rings. The largest absolute Gasteiger partial charge is 0.493 e. The van der Waals surface area contributed by atoms with Crippen molar-refractivity contribution in [3.05, 3.63) is 102 Å². The standard InChI is InChI=1S/C27H26N2O3/c1-2-31-27(30)13-12-24-11-9-22(20-29-16-5-15-28-29)19-26(24)32-17-14-21-8-10-23-6-3-4-7-25(23)18-21/h3-13,15-16,18-19H,2,14,17,20H2,1H3/b13-12+. The van der Waals surface area contributed by atoms with Gasteiger partial charge in [-0.15, -0.1) is 0 Å². The fourth-order valence-corrected chi connectivity index (χ4v) is 3.54. The minimum atomic E-state index is -0.366. The molecule has 0 saturated heterocycles. The number of fused-ring (bicyclic) bond motifs is 1. The van der Waals surface area contributed by atoms with Crippen molar-refractivity contribution < 1.29 is 14.3 Å². The summed E-state index contributed by atoms with van der Waals surface area (Å²) in [4.78, 5) is 11.8. The van der Waals surface area contributed by atoms with E-state index >= 15 is 0 Å². The molecule has 1 aromatic heterocycles. The third-order valence-corrected chi connectivity index (χ3v) is 5.13. The molecule has 0 saturated carbocycles. The molecule has 0 amide bonds. The summed E-state index contributed by atoms with van der Waals surface area (Å²) >= 11 is 0. The Bertz CT molecular complexity index is 1210. The van der Waals surface area contributed by atoms with E-state index in [4.69, 9.17) is 9.47 Å². The van der Waals surface area contributed by atoms with Gasteiger partial charge in [0.05, 0.1) is 19.8 Å². The molecule has 4 aromatic rings. The van der Waals surface area contributed by atoms with Gasteiger partial charge >= 0.3 is 5.97 Å². The lowest BCUT2D eigenvalue weighted by molar-refractivity contribution is -0.137. The number of carbonyl (C=O) groups is 1. The second-order valence-electron chi connectivity index (χ2n) is 7.44. The minimum absolute atomic E-state index is 0.348. The predicted octanol–water partition coefficient (Wildman–Crippen LogP) is 5.28. The summed E-state index contributed by atoms with van der Waals surface area (Å²) in [5.74, 6) is 0.367. The Morgan fingerprint density at radius 3 is 2.66 bits per heavy atom. The van der Waals surface area contributed by atoms with Crippen LogP contribution in [-0.4, -0.2) is 29.0 Å². The van der Waals surface area contributed by atoms with Crippen molar-refractivity contribution in [2.24, 2.45) is 0 Å². The molecule has 0 bridgehead atoms. The van der Waals surface area contributed by atoms with Gasteiger partial charge in [-0.3, -0.25) is 4.68 Å². The van der Waals surface area contributed by atoms with E-state index in [1.54, 1.807) is 19.2 Å². The van der Waals surface area contributed by atoms with Crippen LogP contribution in [0, 0.1) is 0 Å². The molecule has 5 nitrogen and oxygen atoms in total. The lowest BCUT2D eigenvalue weighted by atomic mass is 10.1. The van der Waals surface area contributed by atoms with E-state index in [9.17, 15) is 4.79 Å². The van der Waals surface area contributed by atoms with E-state index in [1.165, 1.54) is 22.4 Å². The first-order valence-corrected chi connectivity index (χ1v) is 10.8. The van der Waals surface area contributed by atoms with Crippen LogP contribution in [0.1, 0.15) is 23.6 Å². The highest BCUT2D eigenvalue weighted by Gasteiger charge is 2.07. The second kappa shape index (κ2) is 10.4. The van der Waals surface area contributed by atoms with Crippen LogP contribution in [0.2, 0.25) is 0 Å². The predicted molar refractivity (Wildman–Crippen MR) is 127 cm³/mol. The average molecular weight is 427 g/mol. The van der Waals surface area contributed by atoms with E-state index in [1.807, 2.05) is 41.2 Å². The monoisotopic (exact) mass is 426 g/mol. The van der Waals surface area contributed by atoms with E-state index in [0.717, 1.165) is 23.3 Å². The van der Waals surface area contributed by atoms with Gasteiger partial charge < -0.3 is 9.47 Å². The van der Waals surface area contributed by atoms with Crippen molar-refractivity contribution in [3.63, 3.8) is 0 Å². The summed E-state index contributed by atoms with van der Waals surface area (Å²) < 4.78 is 13.0. The van der Waals surface area contributed by atoms with Gasteiger partial charge in [0.2, 0.25) is 0 Å². The Morgan fingerprint density at radius 2 is 1.84 bits per heavy atom. The molecule has 0 aliphatic carbocycles. The molecule has 5 heteroatoms. The first kappa shape index (κ1) is 21.4. The number of aromatic nitrogens is 2. The Labute approximate surface area is 187 Å². The molecule has 32 heavy (non-hydrogen) atoms. The number of benzene rings is 3. The van der Waals surface area contributed by atoms with Gasteiger partial charge in [0.1, 0.15) is 5.75 Å². The van der Waals surface area contributed by atoms with Crippen LogP contribution in [0.3, 0.4) is 0 Å². The molecule has 0 N–H and O–H groups in total. The van der Waals surface area contributed by atoms with Crippen LogP contribution in [0.15, 0.2) is 85.2 Å². The number of ether oxygens (including phenoxy) is 2. The zero-order chi connectivity index (χ0) is 22.2. The molecule has 162 valence electrons. The van der Waals surface area contributed by atoms with Gasteiger partial charge in [0.15, 0.2) is 0 Å². The summed E-state index contributed by atoms with van der Waals surface area (Å²) in [7, 11) is 0. The zero-order valence-corrected chi connectivity index (χ0v) is 18.1. The van der Waals surface area contributed by atoms with Crippen LogP contribution in [0.25, 0.3) is 16.8 Å². The highest BCUT2D eigenvalue weighted by Crippen LogP contribution is 2.24. The van der Waals surface area contributed by atoms with Crippen LogP contribution in [0.5, 0.6) is 5.75 Å². The van der Waals surface area contributed by atoms with Crippen molar-refractivity contribution in [3.8, 4) is 5.75 Å². The van der Waals surface area contributed by atoms with Crippen molar-refractivity contribution in [1.82, 2.24) is 9.78 Å². The Kier molecular flexibility index (Phi) is 6.98. The number of hydrogen-bond donors (Lipinski definition) is 0. The van der Waals surface area contributed by atoms with Crippen LogP contribution in [-0.2, 0) is 22.5 Å². The fraction of sp³-hybridized carbons (Fsp3) is 0.185. The number of esters is 1. The van der Waals surface area contributed by atoms with Crippen molar-refractivity contribution >= 4 is 22.8 Å². The van der Waals surface area contributed by atoms with Crippen molar-refractivity contribution in [2.75, 3.05) is 13.2 Å². The van der Waals surface area contributed by atoms with E-state index in [2.05, 4.69) is 41.5 Å². The van der Waals surface area contributed by atoms with Crippen molar-refractivity contribution in [1.29, 1.82) is 0 Å². The third-order valence-electron chi connectivity index (χ3n) is 5.13. The first-order chi connectivity index (χ1) is 15.7. The molecule has 4 rings (SSSR count). The first-order valence-electron chi connectivity index (χ1n) is 10.8. The van der Waals surface area contributed by atoms with Crippen LogP contribution < -0.4 is 4.74 Å². The number of hydrogen-bond acceptors (Lipinski definition) is 4. The average Bonchev–Trinajstić information content (AvgIpc) is 3.32. The summed E-state index contributed by atoms with van der Waals surface area (Å²) in [5.41, 5.74) is 3.13. The van der Waals surface area contributed by atoms with E-state index < -0.39 is 0 Å². The maximum absolute atomic E-state index is 11.8. The van der Waals surface area contributed by atoms with Crippen molar-refractivity contribution in [2.45, 2.75) is 19.9 Å². The molecule has 1 heterocycles. The lowest BCUT2D eigenvalue weighted by Crippen LogP contribution is -2.05. The van der Waals surface area contributed by atoms with Gasteiger partial charge in [0.25, 0.3) is 0 Å². The molecular formula is C27H26N2O3. The summed E-state index contributed by atoms with van der Waals surface area (Å²) in [6, 6.07) is 22.7. The molecule has 0 unspecified atom stereocenters. The molecule has 3 aromatic carbocycles. The van der Waals surface area contributed by atoms with Crippen LogP contribution >= 0.6 is 0 Å². The Hall–Kier alpha value is -3.86. The highest BCUT2D eigenvalue weighted by atomic mass is 16.5. The van der Waals surface area contributed by atoms with E-state index in [0.29, 0.717) is 19.8 Å². The number of carbonyl (C=O) groups excluding carboxylic acids is 1. The SMILES string of the molecule is CCOC(=O)/C=C/c1ccc(Cn2cccn2)cc1OCCc1ccc2ccccc2c1. The molecule has 0 aliphatic heterocycles. The molecule has 0 spiro atoms. The maximum Gasteiger partial charge on any atom is 0.330 e. The van der Waals surface area contributed by atoms with Crippen LogP contribution in [0.4, 0.5) is 0 Å². The molecule has 0 radical (unpaired) electrons. The minimum Gasteiger partial charge on any atom is -0.493 e. The van der Waals surface area contributed by atoms with E-state index in [-0.39, 0.29) is 5.97 Å². The third kappa shape index (κ3) is 5.64. The molecular weight excluding hydrogens is 400 g/mol. The Balaban J connectivity index is 1.49. The van der Waals surface area contributed by atoms with Gasteiger partial charge in [-0.2, -0.15) is 5.10 Å². The number of rotatable bonds is 9. The topological polar surface area (TPSA) is 53.4 Å². The van der Waals surface area contributed by atoms with Gasteiger partial charge in [-0.05, 0) is 47.0 Å². The van der Waals surface area contributed by atoms with Gasteiger partial charge in [0, 0.05) is 30.5 Å². The summed E-state index contributed by atoms with van der Waals surface area (Å²) in [6.45, 7) is 3.32. The summed E-state index contributed by atoms with van der Waals surface area (Å²) in [6.07, 6.45) is 7.64. The second-order valence-corrected chi connectivity index (χ2v) is 7.44. The normalized spacial score (nSPS) is 11.2. The Morgan fingerprint density at radius 1 is 1.00 bits per heavy atom. The quantitative estimate of drug-likeness (QED) is 0.270. The van der Waals surface area contributed by atoms with Gasteiger partial charge in [-0.25, -0.2) is 4.79 Å². The molecule has 0 fully saturated rings. The maximum atomic E-state index is 11.8. The summed E-state index contributed by atoms with van der Waals surface area (Å²) in [5, 5.41) is 6.73.